The van der Waals surface area contributed by atoms with Crippen LogP contribution < -0.4 is 5.73 Å². The van der Waals surface area contributed by atoms with E-state index in [1.807, 2.05) is 0 Å². The van der Waals surface area contributed by atoms with Crippen LogP contribution in [0.3, 0.4) is 0 Å². The van der Waals surface area contributed by atoms with Gasteiger partial charge in [0.2, 0.25) is 5.60 Å². The summed E-state index contributed by atoms with van der Waals surface area (Å²) in [6, 6.07) is 0. The highest BCUT2D eigenvalue weighted by atomic mass is 17.4. The molecule has 2 amide bonds. The molecule has 0 aromatic rings. The highest BCUT2D eigenvalue weighted by Gasteiger charge is 2.64. The van der Waals surface area contributed by atoms with Crippen molar-refractivity contribution >= 4 is 17.6 Å². The van der Waals surface area contributed by atoms with Crippen LogP contribution in [0.4, 0.5) is 0 Å². The number of rotatable bonds is 27. The maximum Gasteiger partial charge on any atom is 0.294 e. The van der Waals surface area contributed by atoms with Crippen LogP contribution in [0.25, 0.3) is 0 Å². The van der Waals surface area contributed by atoms with E-state index in [0.29, 0.717) is 11.5 Å². The Morgan fingerprint density at radius 2 is 1.12 bits per heavy atom. The number of hydrogen-bond acceptors (Lipinski definition) is 9. The summed E-state index contributed by atoms with van der Waals surface area (Å²) >= 11 is 0. The van der Waals surface area contributed by atoms with Gasteiger partial charge in [-0.1, -0.05) is 129 Å². The topological polar surface area (TPSA) is 180 Å². The van der Waals surface area contributed by atoms with Gasteiger partial charge in [0.25, 0.3) is 17.5 Å². The first-order chi connectivity index (χ1) is 20.5. The number of carbonyl (C=O) groups excluding carboxylic acids is 3. The normalized spacial score (nSPS) is 20.2. The van der Waals surface area contributed by atoms with Crippen LogP contribution in [-0.2, 0) is 24.3 Å². The number of amides is 2. The predicted octanol–water partition coefficient (Wildman–Crippen LogP) is 4.51. The van der Waals surface area contributed by atoms with Crippen molar-refractivity contribution in [3.05, 3.63) is 0 Å². The smallest absolute Gasteiger partial charge is 0.294 e. The first-order valence-corrected chi connectivity index (χ1v) is 16.7. The maximum atomic E-state index is 13.1. The molecule has 0 aromatic heterocycles. The van der Waals surface area contributed by atoms with Crippen molar-refractivity contribution in [2.45, 2.75) is 185 Å². The SMILES string of the molecule is CCCCCCCCCCCCCCCCCCCCCCC1(C(N)=O)OON1C(=O)[C@@](O)(C(C)=O)[C@@H](O)[C@H](O)[C@@H](C)O. The highest BCUT2D eigenvalue weighted by molar-refractivity contribution is 6.10. The number of nitrogens with zero attached hydrogens (tertiary/aromatic N) is 1. The second-order valence-electron chi connectivity index (χ2n) is 12.4. The molecule has 1 aliphatic heterocycles. The number of aliphatic hydroxyl groups is 4. The number of nitrogens with two attached hydrogens (primary N) is 1. The van der Waals surface area contributed by atoms with Crippen LogP contribution in [0.15, 0.2) is 0 Å². The minimum atomic E-state index is -3.20. The van der Waals surface area contributed by atoms with Crippen molar-refractivity contribution in [3.8, 4) is 0 Å². The van der Waals surface area contributed by atoms with Gasteiger partial charge in [-0.3, -0.25) is 14.4 Å². The van der Waals surface area contributed by atoms with Gasteiger partial charge in [0.05, 0.1) is 6.10 Å². The first kappa shape index (κ1) is 39.4. The molecule has 1 unspecified atom stereocenters. The molecule has 1 rings (SSSR count). The van der Waals surface area contributed by atoms with Gasteiger partial charge in [-0.25, -0.2) is 0 Å². The van der Waals surface area contributed by atoms with Gasteiger partial charge >= 0.3 is 0 Å². The Hall–Kier alpha value is -1.63. The van der Waals surface area contributed by atoms with E-state index in [4.69, 9.17) is 10.6 Å². The minimum Gasteiger partial charge on any atom is -0.391 e. The largest absolute Gasteiger partial charge is 0.391 e. The van der Waals surface area contributed by atoms with E-state index in [0.717, 1.165) is 39.5 Å². The quantitative estimate of drug-likeness (QED) is 0.0504. The van der Waals surface area contributed by atoms with Crippen LogP contribution in [0.5, 0.6) is 0 Å². The standard InChI is InChI=1S/C32H60N2O9/c1-4-5-6-7-8-9-10-11-12-13-14-15-16-17-18-19-20-21-22-23-24-31(29(33)39)34(43-42-31)30(40)32(41,26(3)36)28(38)27(37)25(2)35/h25,27-28,35,37-38,41H,4-24H2,1-3H3,(H2,33,39)/t25-,27-,28+,31?,32-/m1/s1. The molecule has 0 aliphatic carbocycles. The van der Waals surface area contributed by atoms with Crippen LogP contribution >= 0.6 is 0 Å². The average molecular weight is 617 g/mol. The average Bonchev–Trinajstić information content (AvgIpc) is 2.95. The third-order valence-corrected chi connectivity index (χ3v) is 8.62. The number of Topliss-reactive ketones (excluding diaryl/α,β-unsaturated/α-hetero) is 1. The molecule has 43 heavy (non-hydrogen) atoms. The monoisotopic (exact) mass is 616 g/mol. The Morgan fingerprint density at radius 3 is 1.40 bits per heavy atom. The molecule has 0 spiro atoms. The molecule has 1 heterocycles. The zero-order valence-electron chi connectivity index (χ0n) is 26.9. The summed E-state index contributed by atoms with van der Waals surface area (Å²) < 4.78 is 0. The molecule has 0 radical (unpaired) electrons. The van der Waals surface area contributed by atoms with Gasteiger partial charge in [0.1, 0.15) is 12.2 Å². The zero-order valence-corrected chi connectivity index (χ0v) is 26.9. The van der Waals surface area contributed by atoms with Gasteiger partial charge in [0.15, 0.2) is 5.78 Å². The molecule has 5 atom stereocenters. The van der Waals surface area contributed by atoms with Crippen LogP contribution in [-0.4, -0.2) is 72.7 Å². The third kappa shape index (κ3) is 12.4. The van der Waals surface area contributed by atoms with E-state index in [-0.39, 0.29) is 6.42 Å². The van der Waals surface area contributed by atoms with E-state index in [2.05, 4.69) is 11.9 Å². The summed E-state index contributed by atoms with van der Waals surface area (Å²) in [7, 11) is 0. The molecule has 1 saturated heterocycles. The molecule has 252 valence electrons. The summed E-state index contributed by atoms with van der Waals surface area (Å²) in [6.07, 6.45) is 18.3. The molecule has 6 N–H and O–H groups in total. The second-order valence-corrected chi connectivity index (χ2v) is 12.4. The number of ketones is 1. The molecular weight excluding hydrogens is 556 g/mol. The van der Waals surface area contributed by atoms with Crippen molar-refractivity contribution in [1.82, 2.24) is 5.06 Å². The van der Waals surface area contributed by atoms with Crippen molar-refractivity contribution in [2.75, 3.05) is 0 Å². The molecule has 11 nitrogen and oxygen atoms in total. The summed E-state index contributed by atoms with van der Waals surface area (Å²) in [4.78, 5) is 47.1. The lowest BCUT2D eigenvalue weighted by Gasteiger charge is -2.48. The Labute approximate surface area is 258 Å². The summed E-state index contributed by atoms with van der Waals surface area (Å²) in [5.74, 6) is -3.82. The number of hydrogen-bond donors (Lipinski definition) is 5. The van der Waals surface area contributed by atoms with Crippen molar-refractivity contribution < 1.29 is 44.7 Å². The number of primary amides is 1. The Bertz CT molecular complexity index is 812. The third-order valence-electron chi connectivity index (χ3n) is 8.62. The van der Waals surface area contributed by atoms with E-state index in [1.165, 1.54) is 96.3 Å². The number of unbranched alkanes of at least 4 members (excludes halogenated alkanes) is 19. The first-order valence-electron chi connectivity index (χ1n) is 16.7. The molecule has 0 bridgehead atoms. The van der Waals surface area contributed by atoms with Gasteiger partial charge < -0.3 is 26.2 Å². The fraction of sp³-hybridized carbons (Fsp3) is 0.906. The predicted molar refractivity (Wildman–Crippen MR) is 163 cm³/mol. The van der Waals surface area contributed by atoms with E-state index in [9.17, 15) is 34.8 Å². The summed E-state index contributed by atoms with van der Waals surface area (Å²) in [6.45, 7) is 4.18. The zero-order chi connectivity index (χ0) is 32.3. The van der Waals surface area contributed by atoms with Crippen molar-refractivity contribution in [3.63, 3.8) is 0 Å². The van der Waals surface area contributed by atoms with Gasteiger partial charge in [-0.05, 0) is 20.3 Å². The second kappa shape index (κ2) is 21.2. The summed E-state index contributed by atoms with van der Waals surface area (Å²) in [5.41, 5.74) is 0.228. The molecule has 0 saturated carbocycles. The molecule has 1 aliphatic rings. The fourth-order valence-corrected chi connectivity index (χ4v) is 5.54. The van der Waals surface area contributed by atoms with Crippen LogP contribution in [0, 0.1) is 0 Å². The van der Waals surface area contributed by atoms with Crippen molar-refractivity contribution in [1.29, 1.82) is 0 Å². The van der Waals surface area contributed by atoms with Gasteiger partial charge in [0, 0.05) is 6.42 Å². The molecule has 0 aromatic carbocycles. The molecular formula is C32H60N2O9. The number of aliphatic hydroxyl groups excluding tert-OH is 3. The minimum absolute atomic E-state index is 0.0456. The Balaban J connectivity index is 2.25. The number of hydroxylamine groups is 2. The van der Waals surface area contributed by atoms with E-state index >= 15 is 0 Å². The van der Waals surface area contributed by atoms with E-state index < -0.39 is 47.2 Å². The lowest BCUT2D eigenvalue weighted by molar-refractivity contribution is -0.602. The Kier molecular flexibility index (Phi) is 19.4. The van der Waals surface area contributed by atoms with Gasteiger partial charge in [-0.15, -0.1) is 10.1 Å². The van der Waals surface area contributed by atoms with Gasteiger partial charge in [-0.2, -0.15) is 4.89 Å². The highest BCUT2D eigenvalue weighted by Crippen LogP contribution is 2.37. The summed E-state index contributed by atoms with van der Waals surface area (Å²) in [5, 5.41) is 41.0. The number of carbonyl (C=O) groups is 3. The van der Waals surface area contributed by atoms with E-state index in [1.54, 1.807) is 0 Å². The van der Waals surface area contributed by atoms with Crippen molar-refractivity contribution in [2.24, 2.45) is 5.73 Å². The maximum absolute atomic E-state index is 13.1. The molecule has 1 fully saturated rings. The lowest BCUT2D eigenvalue weighted by atomic mass is 9.85. The fourth-order valence-electron chi connectivity index (χ4n) is 5.54. The Morgan fingerprint density at radius 1 is 0.744 bits per heavy atom. The van der Waals surface area contributed by atoms with Crippen LogP contribution in [0.1, 0.15) is 156 Å². The molecule has 11 heteroatoms. The van der Waals surface area contributed by atoms with Crippen LogP contribution in [0.2, 0.25) is 0 Å². The lowest BCUT2D eigenvalue weighted by Crippen LogP contribution is -2.75.